The van der Waals surface area contributed by atoms with E-state index in [-0.39, 0.29) is 17.4 Å². The van der Waals surface area contributed by atoms with E-state index in [1.807, 2.05) is 24.3 Å². The van der Waals surface area contributed by atoms with Gasteiger partial charge in [-0.1, -0.05) is 18.2 Å². The van der Waals surface area contributed by atoms with E-state index >= 15 is 0 Å². The molecule has 1 fully saturated rings. The van der Waals surface area contributed by atoms with Crippen LogP contribution in [0.4, 0.5) is 5.69 Å². The fourth-order valence-electron chi connectivity index (χ4n) is 2.12. The summed E-state index contributed by atoms with van der Waals surface area (Å²) < 4.78 is 22.6. The summed E-state index contributed by atoms with van der Waals surface area (Å²) in [6.45, 7) is 0.622. The molecule has 2 N–H and O–H groups in total. The van der Waals surface area contributed by atoms with E-state index in [1.54, 1.807) is 4.90 Å². The van der Waals surface area contributed by atoms with Crippen LogP contribution in [-0.2, 0) is 21.1 Å². The quantitative estimate of drug-likeness (QED) is 0.817. The van der Waals surface area contributed by atoms with Gasteiger partial charge in [-0.15, -0.1) is 0 Å². The molecule has 2 rings (SSSR count). The van der Waals surface area contributed by atoms with Gasteiger partial charge in [-0.3, -0.25) is 4.79 Å². The first-order valence-electron chi connectivity index (χ1n) is 6.29. The molecule has 1 amide bonds. The number of anilines is 1. The number of aryl methyl sites for hydroxylation is 1. The van der Waals surface area contributed by atoms with Gasteiger partial charge in [0.15, 0.2) is 9.84 Å². The van der Waals surface area contributed by atoms with Crippen molar-refractivity contribution in [2.24, 2.45) is 0 Å². The maximum absolute atomic E-state index is 12.0. The minimum atomic E-state index is -2.94. The van der Waals surface area contributed by atoms with Gasteiger partial charge >= 0.3 is 0 Å². The van der Waals surface area contributed by atoms with Crippen LogP contribution >= 0.6 is 0 Å². The molecule has 104 valence electrons. The highest BCUT2D eigenvalue weighted by atomic mass is 32.2. The Kier molecular flexibility index (Phi) is 4.09. The predicted molar refractivity (Wildman–Crippen MR) is 74.4 cm³/mol. The van der Waals surface area contributed by atoms with E-state index < -0.39 is 9.84 Å². The minimum absolute atomic E-state index is 0.00171. The second-order valence-corrected chi connectivity index (χ2v) is 7.04. The van der Waals surface area contributed by atoms with E-state index in [4.69, 9.17) is 5.73 Å². The number of amides is 1. The van der Waals surface area contributed by atoms with Crippen LogP contribution in [0.15, 0.2) is 24.3 Å². The van der Waals surface area contributed by atoms with Gasteiger partial charge in [0.1, 0.15) is 0 Å². The maximum Gasteiger partial charge on any atom is 0.222 e. The monoisotopic (exact) mass is 282 g/mol. The van der Waals surface area contributed by atoms with E-state index in [0.717, 1.165) is 5.56 Å². The Hall–Kier alpha value is -1.56. The van der Waals surface area contributed by atoms with Crippen LogP contribution in [0.25, 0.3) is 0 Å². The smallest absolute Gasteiger partial charge is 0.222 e. The standard InChI is InChI=1S/C13H18N2O3S/c14-12-4-2-1-3-11(12)5-6-13(16)15-7-9-19(17,18)10-8-15/h1-4H,5-10,14H2. The Morgan fingerprint density at radius 3 is 2.47 bits per heavy atom. The summed E-state index contributed by atoms with van der Waals surface area (Å²) >= 11 is 0. The summed E-state index contributed by atoms with van der Waals surface area (Å²) in [7, 11) is -2.94. The number of hydrogen-bond donors (Lipinski definition) is 1. The van der Waals surface area contributed by atoms with Gasteiger partial charge in [0.05, 0.1) is 11.5 Å². The number of para-hydroxylation sites is 1. The van der Waals surface area contributed by atoms with E-state index in [0.29, 0.717) is 31.6 Å². The van der Waals surface area contributed by atoms with Crippen molar-refractivity contribution in [1.82, 2.24) is 4.90 Å². The zero-order chi connectivity index (χ0) is 13.9. The molecule has 0 saturated carbocycles. The zero-order valence-electron chi connectivity index (χ0n) is 10.7. The van der Waals surface area contributed by atoms with Crippen molar-refractivity contribution in [3.8, 4) is 0 Å². The molecule has 0 atom stereocenters. The highest BCUT2D eigenvalue weighted by Crippen LogP contribution is 2.14. The largest absolute Gasteiger partial charge is 0.399 e. The number of hydrogen-bond acceptors (Lipinski definition) is 4. The number of sulfone groups is 1. The molecule has 1 aliphatic rings. The summed E-state index contributed by atoms with van der Waals surface area (Å²) in [4.78, 5) is 13.6. The number of nitrogens with zero attached hydrogens (tertiary/aromatic N) is 1. The number of nitrogens with two attached hydrogens (primary N) is 1. The van der Waals surface area contributed by atoms with Gasteiger partial charge in [-0.2, -0.15) is 0 Å². The Labute approximate surface area is 113 Å². The van der Waals surface area contributed by atoms with Crippen molar-refractivity contribution >= 4 is 21.4 Å². The summed E-state index contributed by atoms with van der Waals surface area (Å²) in [5.74, 6) is 0.150. The highest BCUT2D eigenvalue weighted by Gasteiger charge is 2.24. The molecule has 19 heavy (non-hydrogen) atoms. The van der Waals surface area contributed by atoms with Crippen molar-refractivity contribution in [2.45, 2.75) is 12.8 Å². The number of carbonyl (C=O) groups excluding carboxylic acids is 1. The first kappa shape index (κ1) is 13.9. The average molecular weight is 282 g/mol. The Bertz CT molecular complexity index is 555. The third-order valence-electron chi connectivity index (χ3n) is 3.36. The number of nitrogen functional groups attached to an aromatic ring is 1. The fraction of sp³-hybridized carbons (Fsp3) is 0.462. The Morgan fingerprint density at radius 2 is 1.84 bits per heavy atom. The molecule has 0 unspecified atom stereocenters. The van der Waals surface area contributed by atoms with Crippen molar-refractivity contribution in [3.05, 3.63) is 29.8 Å². The highest BCUT2D eigenvalue weighted by molar-refractivity contribution is 7.91. The minimum Gasteiger partial charge on any atom is -0.399 e. The normalized spacial score (nSPS) is 18.2. The Balaban J connectivity index is 1.87. The molecule has 0 bridgehead atoms. The summed E-state index contributed by atoms with van der Waals surface area (Å²) in [5, 5.41) is 0. The average Bonchev–Trinajstić information content (AvgIpc) is 2.37. The zero-order valence-corrected chi connectivity index (χ0v) is 11.5. The van der Waals surface area contributed by atoms with Crippen LogP contribution < -0.4 is 5.73 Å². The third kappa shape index (κ3) is 3.70. The number of rotatable bonds is 3. The molecule has 1 heterocycles. The van der Waals surface area contributed by atoms with Crippen molar-refractivity contribution in [1.29, 1.82) is 0 Å². The maximum atomic E-state index is 12.0. The Morgan fingerprint density at radius 1 is 1.21 bits per heavy atom. The molecule has 0 spiro atoms. The van der Waals surface area contributed by atoms with Crippen LogP contribution in [0.1, 0.15) is 12.0 Å². The van der Waals surface area contributed by atoms with Crippen LogP contribution in [-0.4, -0.2) is 43.8 Å². The van der Waals surface area contributed by atoms with Gasteiger partial charge in [-0.05, 0) is 18.1 Å². The molecule has 1 aromatic rings. The third-order valence-corrected chi connectivity index (χ3v) is 4.97. The molecule has 1 aliphatic heterocycles. The number of benzene rings is 1. The van der Waals surface area contributed by atoms with Gasteiger partial charge in [0.25, 0.3) is 0 Å². The van der Waals surface area contributed by atoms with Crippen molar-refractivity contribution in [3.63, 3.8) is 0 Å². The summed E-state index contributed by atoms with van der Waals surface area (Å²) in [6.07, 6.45) is 0.961. The lowest BCUT2D eigenvalue weighted by molar-refractivity contribution is -0.130. The molecule has 0 aromatic heterocycles. The van der Waals surface area contributed by atoms with Crippen LogP contribution in [0, 0.1) is 0 Å². The first-order chi connectivity index (χ1) is 8.98. The second-order valence-electron chi connectivity index (χ2n) is 4.73. The molecule has 1 saturated heterocycles. The van der Waals surface area contributed by atoms with Crippen LogP contribution in [0.3, 0.4) is 0 Å². The molecule has 5 nitrogen and oxygen atoms in total. The summed E-state index contributed by atoms with van der Waals surface area (Å²) in [6, 6.07) is 7.47. The second kappa shape index (κ2) is 5.61. The fourth-order valence-corrected chi connectivity index (χ4v) is 3.32. The molecule has 6 heteroatoms. The van der Waals surface area contributed by atoms with E-state index in [1.165, 1.54) is 0 Å². The molecular weight excluding hydrogens is 264 g/mol. The SMILES string of the molecule is Nc1ccccc1CCC(=O)N1CCS(=O)(=O)CC1. The lowest BCUT2D eigenvalue weighted by atomic mass is 10.1. The lowest BCUT2D eigenvalue weighted by Crippen LogP contribution is -2.43. The molecular formula is C13H18N2O3S. The van der Waals surface area contributed by atoms with Crippen LogP contribution in [0.2, 0.25) is 0 Å². The van der Waals surface area contributed by atoms with Crippen LogP contribution in [0.5, 0.6) is 0 Å². The number of carbonyl (C=O) groups is 1. The van der Waals surface area contributed by atoms with Crippen molar-refractivity contribution < 1.29 is 13.2 Å². The van der Waals surface area contributed by atoms with Gasteiger partial charge in [-0.25, -0.2) is 8.42 Å². The van der Waals surface area contributed by atoms with Gasteiger partial charge in [0.2, 0.25) is 5.91 Å². The summed E-state index contributed by atoms with van der Waals surface area (Å²) in [5.41, 5.74) is 7.47. The molecule has 0 radical (unpaired) electrons. The van der Waals surface area contributed by atoms with Crippen molar-refractivity contribution in [2.75, 3.05) is 30.3 Å². The molecule has 0 aliphatic carbocycles. The van der Waals surface area contributed by atoms with Gasteiger partial charge < -0.3 is 10.6 Å². The van der Waals surface area contributed by atoms with Gasteiger partial charge in [0, 0.05) is 25.2 Å². The molecule has 1 aromatic carbocycles. The topological polar surface area (TPSA) is 80.5 Å². The first-order valence-corrected chi connectivity index (χ1v) is 8.12. The van der Waals surface area contributed by atoms with E-state index in [9.17, 15) is 13.2 Å². The van der Waals surface area contributed by atoms with E-state index in [2.05, 4.69) is 0 Å². The predicted octanol–water partition coefficient (Wildman–Crippen LogP) is 0.458. The lowest BCUT2D eigenvalue weighted by Gasteiger charge is -2.26.